The van der Waals surface area contributed by atoms with Gasteiger partial charge in [0.25, 0.3) is 0 Å². The third-order valence-corrected chi connectivity index (χ3v) is 6.60. The number of nitrogens with one attached hydrogen (secondary N) is 1. The summed E-state index contributed by atoms with van der Waals surface area (Å²) in [4.78, 5) is 39.9. The normalized spacial score (nSPS) is 14.4. The number of aliphatic hydroxyl groups excluding tert-OH is 1. The van der Waals surface area contributed by atoms with Crippen molar-refractivity contribution in [2.45, 2.75) is 39.7 Å². The first kappa shape index (κ1) is 22.0. The molecule has 2 N–H and O–H groups in total. The number of piperidine rings is 1. The lowest BCUT2D eigenvalue weighted by Crippen LogP contribution is -2.36. The van der Waals surface area contributed by atoms with Crippen molar-refractivity contribution in [1.29, 1.82) is 0 Å². The Hall–Kier alpha value is -3.17. The van der Waals surface area contributed by atoms with Crippen LogP contribution in [0.1, 0.15) is 52.4 Å². The van der Waals surface area contributed by atoms with E-state index in [0.717, 1.165) is 11.4 Å². The lowest BCUT2D eigenvalue weighted by molar-refractivity contribution is 0.101. The fourth-order valence-corrected chi connectivity index (χ4v) is 4.50. The molecule has 32 heavy (non-hydrogen) atoms. The second-order valence-electron chi connectivity index (χ2n) is 7.90. The van der Waals surface area contributed by atoms with Crippen LogP contribution in [0, 0.1) is 6.92 Å². The second kappa shape index (κ2) is 9.13. The van der Waals surface area contributed by atoms with E-state index in [4.69, 9.17) is 0 Å². The van der Waals surface area contributed by atoms with Crippen LogP contribution < -0.4 is 10.2 Å². The van der Waals surface area contributed by atoms with Crippen molar-refractivity contribution in [3.8, 4) is 11.3 Å². The number of benzene rings is 1. The lowest BCUT2D eigenvalue weighted by atomic mass is 10.1. The third-order valence-electron chi connectivity index (χ3n) is 5.42. The van der Waals surface area contributed by atoms with E-state index in [1.54, 1.807) is 19.1 Å². The van der Waals surface area contributed by atoms with E-state index in [0.29, 0.717) is 58.8 Å². The summed E-state index contributed by atoms with van der Waals surface area (Å²) in [6.07, 6.45) is 1.08. The minimum Gasteiger partial charge on any atom is -0.393 e. The molecule has 0 atom stereocenters. The summed E-state index contributed by atoms with van der Waals surface area (Å²) in [5.74, 6) is 1.11. The van der Waals surface area contributed by atoms with E-state index in [2.05, 4.69) is 25.2 Å². The molecule has 0 bridgehead atoms. The van der Waals surface area contributed by atoms with Crippen LogP contribution in [0.4, 0.5) is 16.9 Å². The lowest BCUT2D eigenvalue weighted by Gasteiger charge is -2.30. The Morgan fingerprint density at radius 1 is 1.06 bits per heavy atom. The summed E-state index contributed by atoms with van der Waals surface area (Å²) in [6.45, 7) is 6.26. The van der Waals surface area contributed by atoms with E-state index >= 15 is 0 Å². The molecule has 9 heteroatoms. The van der Waals surface area contributed by atoms with Gasteiger partial charge in [-0.25, -0.2) is 9.97 Å². The molecule has 3 heterocycles. The Kier molecular flexibility index (Phi) is 6.29. The van der Waals surface area contributed by atoms with Gasteiger partial charge in [-0.2, -0.15) is 4.98 Å². The van der Waals surface area contributed by atoms with Crippen molar-refractivity contribution in [3.63, 3.8) is 0 Å². The number of rotatable bonds is 6. The number of aryl methyl sites for hydroxylation is 1. The molecule has 1 aliphatic rings. The summed E-state index contributed by atoms with van der Waals surface area (Å²) >= 11 is 1.28. The van der Waals surface area contributed by atoms with Crippen LogP contribution in [0.25, 0.3) is 11.3 Å². The molecule has 8 nitrogen and oxygen atoms in total. The molecular weight excluding hydrogens is 426 g/mol. The Labute approximate surface area is 190 Å². The van der Waals surface area contributed by atoms with Gasteiger partial charge in [0, 0.05) is 37.2 Å². The molecule has 0 radical (unpaired) electrons. The van der Waals surface area contributed by atoms with E-state index in [9.17, 15) is 14.7 Å². The van der Waals surface area contributed by atoms with Gasteiger partial charge in [-0.1, -0.05) is 35.6 Å². The predicted octanol–water partition coefficient (Wildman–Crippen LogP) is 4.02. The fraction of sp³-hybridized carbons (Fsp3) is 0.348. The van der Waals surface area contributed by atoms with Gasteiger partial charge >= 0.3 is 0 Å². The van der Waals surface area contributed by atoms with Crippen molar-refractivity contribution in [3.05, 3.63) is 46.5 Å². The maximum atomic E-state index is 11.8. The number of ketones is 2. The molecule has 0 saturated carbocycles. The van der Waals surface area contributed by atoms with Gasteiger partial charge in [-0.15, -0.1) is 0 Å². The number of aromatic nitrogens is 3. The van der Waals surface area contributed by atoms with Crippen molar-refractivity contribution < 1.29 is 14.7 Å². The number of anilines is 3. The zero-order valence-corrected chi connectivity index (χ0v) is 19.1. The molecule has 0 aliphatic carbocycles. The van der Waals surface area contributed by atoms with Gasteiger partial charge in [-0.05, 0) is 26.7 Å². The van der Waals surface area contributed by atoms with Gasteiger partial charge in [0.1, 0.15) is 5.82 Å². The molecule has 1 aromatic carbocycles. The maximum absolute atomic E-state index is 11.8. The Bertz CT molecular complexity index is 1150. The van der Waals surface area contributed by atoms with E-state index in [-0.39, 0.29) is 17.7 Å². The van der Waals surface area contributed by atoms with Gasteiger partial charge in [0.15, 0.2) is 16.7 Å². The average molecular weight is 452 g/mol. The van der Waals surface area contributed by atoms with Gasteiger partial charge in [-0.3, -0.25) is 14.9 Å². The largest absolute Gasteiger partial charge is 0.393 e. The molecule has 3 aromatic rings. The van der Waals surface area contributed by atoms with Crippen LogP contribution in [-0.2, 0) is 0 Å². The number of hydrogen-bond acceptors (Lipinski definition) is 9. The fourth-order valence-electron chi connectivity index (χ4n) is 3.64. The highest BCUT2D eigenvalue weighted by Gasteiger charge is 2.20. The second-order valence-corrected chi connectivity index (χ2v) is 8.90. The molecule has 1 aliphatic heterocycles. The zero-order valence-electron chi connectivity index (χ0n) is 18.3. The molecule has 4 rings (SSSR count). The Morgan fingerprint density at radius 3 is 2.34 bits per heavy atom. The summed E-state index contributed by atoms with van der Waals surface area (Å²) in [7, 11) is 0. The molecule has 166 valence electrons. The molecule has 1 saturated heterocycles. The maximum Gasteiger partial charge on any atom is 0.231 e. The predicted molar refractivity (Wildman–Crippen MR) is 125 cm³/mol. The van der Waals surface area contributed by atoms with Crippen molar-refractivity contribution in [2.75, 3.05) is 23.3 Å². The highest BCUT2D eigenvalue weighted by Crippen LogP contribution is 2.29. The number of hydrogen-bond donors (Lipinski definition) is 2. The number of carbonyl (C=O) groups excluding carboxylic acids is 2. The van der Waals surface area contributed by atoms with Crippen LogP contribution in [0.3, 0.4) is 0 Å². The SMILES string of the molecule is CC(=O)c1ccc(-c2cc(N3CCC(O)CC3)nc(Nc3nc(C)c(C(C)=O)s3)n2)cc1. The molecule has 0 amide bonds. The first-order valence-electron chi connectivity index (χ1n) is 10.5. The van der Waals surface area contributed by atoms with Gasteiger partial charge < -0.3 is 10.0 Å². The van der Waals surface area contributed by atoms with Crippen LogP contribution in [0.2, 0.25) is 0 Å². The van der Waals surface area contributed by atoms with Gasteiger partial charge in [0.05, 0.1) is 22.4 Å². The van der Waals surface area contributed by atoms with Gasteiger partial charge in [0.2, 0.25) is 5.95 Å². The summed E-state index contributed by atoms with van der Waals surface area (Å²) < 4.78 is 0. The molecule has 2 aromatic heterocycles. The quantitative estimate of drug-likeness (QED) is 0.541. The van der Waals surface area contributed by atoms with Crippen molar-refractivity contribution in [2.24, 2.45) is 0 Å². The Morgan fingerprint density at radius 2 is 1.75 bits per heavy atom. The minimum atomic E-state index is -0.285. The van der Waals surface area contributed by atoms with E-state index in [1.165, 1.54) is 25.2 Å². The highest BCUT2D eigenvalue weighted by atomic mass is 32.1. The summed E-state index contributed by atoms with van der Waals surface area (Å²) in [5, 5.41) is 13.6. The number of aliphatic hydroxyl groups is 1. The molecule has 1 fully saturated rings. The number of carbonyl (C=O) groups is 2. The smallest absolute Gasteiger partial charge is 0.231 e. The van der Waals surface area contributed by atoms with E-state index < -0.39 is 0 Å². The summed E-state index contributed by atoms with van der Waals surface area (Å²) in [5.41, 5.74) is 2.88. The number of Topliss-reactive ketones (excluding diaryl/α,β-unsaturated/α-hetero) is 2. The molecular formula is C23H25N5O3S. The zero-order chi connectivity index (χ0) is 22.8. The first-order chi connectivity index (χ1) is 15.3. The number of nitrogens with zero attached hydrogens (tertiary/aromatic N) is 4. The van der Waals surface area contributed by atoms with Crippen LogP contribution >= 0.6 is 11.3 Å². The monoisotopic (exact) mass is 451 g/mol. The number of thiazole rings is 1. The topological polar surface area (TPSA) is 108 Å². The van der Waals surface area contributed by atoms with E-state index in [1.807, 2.05) is 18.2 Å². The van der Waals surface area contributed by atoms with Crippen molar-refractivity contribution in [1.82, 2.24) is 15.0 Å². The third kappa shape index (κ3) is 4.84. The first-order valence-corrected chi connectivity index (χ1v) is 11.3. The van der Waals surface area contributed by atoms with Crippen LogP contribution in [0.15, 0.2) is 30.3 Å². The standard InChI is InChI=1S/C23H25N5O3S/c1-13-21(15(3)30)32-23(24-13)27-22-25-19(17-6-4-16(5-7-17)14(2)29)12-20(26-22)28-10-8-18(31)9-11-28/h4-7,12,18,31H,8-11H2,1-3H3,(H,24,25,26,27). The summed E-state index contributed by atoms with van der Waals surface area (Å²) in [6, 6.07) is 9.22. The molecule has 0 spiro atoms. The van der Waals surface area contributed by atoms with Crippen molar-refractivity contribution >= 4 is 39.8 Å². The molecule has 0 unspecified atom stereocenters. The van der Waals surface area contributed by atoms with Crippen LogP contribution in [-0.4, -0.2) is 50.8 Å². The van der Waals surface area contributed by atoms with Crippen LogP contribution in [0.5, 0.6) is 0 Å². The highest BCUT2D eigenvalue weighted by molar-refractivity contribution is 7.17. The average Bonchev–Trinajstić information content (AvgIpc) is 3.14. The minimum absolute atomic E-state index is 0.00886. The Balaban J connectivity index is 1.70.